The van der Waals surface area contributed by atoms with Crippen LogP contribution >= 0.6 is 11.8 Å². The second-order valence-electron chi connectivity index (χ2n) is 10.4. The van der Waals surface area contributed by atoms with Gasteiger partial charge in [-0.2, -0.15) is 8.42 Å². The van der Waals surface area contributed by atoms with E-state index in [-0.39, 0.29) is 46.5 Å². The highest BCUT2D eigenvalue weighted by atomic mass is 32.2. The summed E-state index contributed by atoms with van der Waals surface area (Å²) in [7, 11) is -7.70. The molecule has 2 saturated carbocycles. The van der Waals surface area contributed by atoms with Gasteiger partial charge in [-0.3, -0.25) is 4.79 Å². The number of carbonyl (C=O) groups is 1. The highest BCUT2D eigenvalue weighted by Gasteiger charge is 2.57. The van der Waals surface area contributed by atoms with Crippen LogP contribution in [0.1, 0.15) is 24.8 Å². The molecule has 0 radical (unpaired) electrons. The van der Waals surface area contributed by atoms with Crippen molar-refractivity contribution in [2.24, 2.45) is 28.1 Å². The van der Waals surface area contributed by atoms with E-state index in [1.54, 1.807) is 4.90 Å². The molecule has 10 nitrogen and oxygen atoms in total. The van der Waals surface area contributed by atoms with E-state index in [1.165, 1.54) is 11.8 Å². The van der Waals surface area contributed by atoms with Gasteiger partial charge in [-0.15, -0.1) is 16.2 Å². The fourth-order valence-corrected chi connectivity index (χ4v) is 10.2. The van der Waals surface area contributed by atoms with Gasteiger partial charge in [0.1, 0.15) is 16.2 Å². The second-order valence-corrected chi connectivity index (χ2v) is 14.8. The molecule has 3 aliphatic heterocycles. The zero-order valence-corrected chi connectivity index (χ0v) is 22.6. The normalized spacial score (nSPS) is 32.4. The van der Waals surface area contributed by atoms with Crippen molar-refractivity contribution in [3.63, 3.8) is 0 Å². The van der Waals surface area contributed by atoms with Gasteiger partial charge >= 0.3 is 0 Å². The molecular formula is C24H28N4O6S3. The molecule has 13 heteroatoms. The monoisotopic (exact) mass is 564 g/mol. The first-order valence-corrected chi connectivity index (χ1v) is 16.6. The van der Waals surface area contributed by atoms with E-state index in [9.17, 15) is 26.7 Å². The number of aliphatic hydroxyl groups excluding tert-OH is 1. The van der Waals surface area contributed by atoms with Crippen LogP contribution in [-0.4, -0.2) is 63.2 Å². The van der Waals surface area contributed by atoms with Crippen LogP contribution in [0, 0.1) is 23.7 Å². The van der Waals surface area contributed by atoms with Crippen molar-refractivity contribution in [2.75, 3.05) is 18.6 Å². The summed E-state index contributed by atoms with van der Waals surface area (Å²) in [6.45, 7) is 0.295. The lowest BCUT2D eigenvalue weighted by Gasteiger charge is -2.44. The SMILES string of the molecule is CS(=O)(=O)NCC1CSC2=C1S(=O)(=O)N=C(C1=C(O)C3C([C@@H]4CC[C@H]3C4)N(Cc3ccccc3)C1=O)N2. The highest BCUT2D eigenvalue weighted by Crippen LogP contribution is 2.55. The van der Waals surface area contributed by atoms with Crippen LogP contribution in [-0.2, 0) is 31.4 Å². The van der Waals surface area contributed by atoms with Gasteiger partial charge in [-0.25, -0.2) is 13.1 Å². The number of nitrogens with one attached hydrogen (secondary N) is 2. The topological polar surface area (TPSA) is 145 Å². The molecule has 1 amide bonds. The zero-order valence-electron chi connectivity index (χ0n) is 20.1. The maximum atomic E-state index is 13.9. The molecule has 198 valence electrons. The molecule has 1 aromatic rings. The van der Waals surface area contributed by atoms with Crippen LogP contribution < -0.4 is 10.0 Å². The van der Waals surface area contributed by atoms with Crippen molar-refractivity contribution in [3.05, 3.63) is 57.2 Å². The molecule has 2 fully saturated rings. The van der Waals surface area contributed by atoms with Crippen molar-refractivity contribution in [1.29, 1.82) is 0 Å². The minimum atomic E-state index is -4.20. The Morgan fingerprint density at radius 1 is 1.22 bits per heavy atom. The minimum Gasteiger partial charge on any atom is -0.511 e. The summed E-state index contributed by atoms with van der Waals surface area (Å²) in [6, 6.07) is 9.51. The molecule has 3 heterocycles. The van der Waals surface area contributed by atoms with E-state index in [0.29, 0.717) is 23.2 Å². The third-order valence-electron chi connectivity index (χ3n) is 8.05. The maximum Gasteiger partial charge on any atom is 0.283 e. The summed E-state index contributed by atoms with van der Waals surface area (Å²) in [4.78, 5) is 15.7. The quantitative estimate of drug-likeness (QED) is 0.473. The minimum absolute atomic E-state index is 0.0136. The van der Waals surface area contributed by atoms with Crippen LogP contribution in [0.2, 0.25) is 0 Å². The molecule has 0 spiro atoms. The Bertz CT molecular complexity index is 1470. The Balaban J connectivity index is 1.36. The summed E-state index contributed by atoms with van der Waals surface area (Å²) in [5, 5.41) is 14.8. The standard InChI is InChI=1S/C24H28N4O6S3/c1-36(31,32)25-10-16-12-35-23-21(16)37(33,34)27-22(26-23)18-20(29)17-14-7-8-15(9-14)19(17)28(24(18)30)11-13-5-3-2-4-6-13/h2-6,14-17,19,25,29H,7-12H2,1H3,(H,26,27)/t14-,15+,16?,17?,19?/m0/s1. The first-order valence-electron chi connectivity index (χ1n) is 12.3. The molecule has 5 atom stereocenters. The number of sulfonamides is 2. The van der Waals surface area contributed by atoms with Crippen molar-refractivity contribution in [2.45, 2.75) is 31.8 Å². The van der Waals surface area contributed by atoms with E-state index in [2.05, 4.69) is 14.4 Å². The van der Waals surface area contributed by atoms with E-state index in [0.717, 1.165) is 31.1 Å². The lowest BCUT2D eigenvalue weighted by atomic mass is 9.77. The number of amides is 1. The van der Waals surface area contributed by atoms with Crippen molar-refractivity contribution in [3.8, 4) is 0 Å². The number of fused-ring (bicyclic) bond motifs is 5. The molecule has 5 aliphatic rings. The Morgan fingerprint density at radius 2 is 1.95 bits per heavy atom. The van der Waals surface area contributed by atoms with Crippen LogP contribution in [0.4, 0.5) is 0 Å². The number of carbonyl (C=O) groups excluding carboxylic acids is 1. The summed E-state index contributed by atoms with van der Waals surface area (Å²) in [6.07, 6.45) is 3.93. The molecular weight excluding hydrogens is 536 g/mol. The van der Waals surface area contributed by atoms with Gasteiger partial charge in [0.15, 0.2) is 5.84 Å². The smallest absolute Gasteiger partial charge is 0.283 e. The number of amidine groups is 1. The van der Waals surface area contributed by atoms with Crippen molar-refractivity contribution < 1.29 is 26.7 Å². The molecule has 3 unspecified atom stereocenters. The lowest BCUT2D eigenvalue weighted by molar-refractivity contribution is -0.134. The predicted molar refractivity (Wildman–Crippen MR) is 140 cm³/mol. The first kappa shape index (κ1) is 25.0. The third kappa shape index (κ3) is 4.29. The fraction of sp³-hybridized carbons (Fsp3) is 0.500. The molecule has 0 aromatic heterocycles. The fourth-order valence-electron chi connectivity index (χ4n) is 6.58. The van der Waals surface area contributed by atoms with Gasteiger partial charge in [-0.1, -0.05) is 30.3 Å². The number of aliphatic hydroxyl groups is 1. The van der Waals surface area contributed by atoms with Gasteiger partial charge < -0.3 is 15.3 Å². The summed E-state index contributed by atoms with van der Waals surface area (Å²) in [5.41, 5.74) is 0.875. The predicted octanol–water partition coefficient (Wildman–Crippen LogP) is 1.67. The average Bonchev–Trinajstić information content (AvgIpc) is 3.55. The highest BCUT2D eigenvalue weighted by molar-refractivity contribution is 8.05. The van der Waals surface area contributed by atoms with Crippen LogP contribution in [0.25, 0.3) is 0 Å². The Morgan fingerprint density at radius 3 is 2.68 bits per heavy atom. The number of rotatable bonds is 6. The van der Waals surface area contributed by atoms with Gasteiger partial charge in [0.25, 0.3) is 15.9 Å². The Labute approximate surface area is 220 Å². The number of benzene rings is 1. The summed E-state index contributed by atoms with van der Waals surface area (Å²) in [5.74, 6) is -0.625. The summed E-state index contributed by atoms with van der Waals surface area (Å²) < 4.78 is 56.0. The molecule has 3 N–H and O–H groups in total. The first-order chi connectivity index (χ1) is 17.5. The largest absolute Gasteiger partial charge is 0.511 e. The second kappa shape index (κ2) is 8.85. The van der Waals surface area contributed by atoms with Crippen LogP contribution in [0.15, 0.2) is 56.0 Å². The molecule has 6 rings (SSSR count). The van der Waals surface area contributed by atoms with Gasteiger partial charge in [0, 0.05) is 36.7 Å². The Hall–Kier alpha value is -2.35. The number of hydrogen-bond donors (Lipinski definition) is 3. The van der Waals surface area contributed by atoms with Crippen LogP contribution in [0.3, 0.4) is 0 Å². The van der Waals surface area contributed by atoms with Crippen LogP contribution in [0.5, 0.6) is 0 Å². The van der Waals surface area contributed by atoms with Crippen molar-refractivity contribution in [1.82, 2.24) is 14.9 Å². The molecule has 2 bridgehead atoms. The number of thioether (sulfide) groups is 1. The van der Waals surface area contributed by atoms with E-state index in [1.807, 2.05) is 30.3 Å². The average molecular weight is 565 g/mol. The Kier molecular flexibility index (Phi) is 5.97. The van der Waals surface area contributed by atoms with E-state index < -0.39 is 31.9 Å². The van der Waals surface area contributed by atoms with Crippen molar-refractivity contribution >= 4 is 43.6 Å². The molecule has 1 aromatic carbocycles. The van der Waals surface area contributed by atoms with E-state index in [4.69, 9.17) is 0 Å². The van der Waals surface area contributed by atoms with E-state index >= 15 is 0 Å². The third-order valence-corrected chi connectivity index (χ3v) is 11.6. The van der Waals surface area contributed by atoms with Gasteiger partial charge in [0.2, 0.25) is 10.0 Å². The zero-order chi connectivity index (χ0) is 26.1. The lowest BCUT2D eigenvalue weighted by Crippen LogP contribution is -2.54. The molecule has 2 aliphatic carbocycles. The number of nitrogens with zero attached hydrogens (tertiary/aromatic N) is 2. The molecule has 0 saturated heterocycles. The van der Waals surface area contributed by atoms with Gasteiger partial charge in [-0.05, 0) is 36.7 Å². The maximum absolute atomic E-state index is 13.9. The molecule has 37 heavy (non-hydrogen) atoms. The summed E-state index contributed by atoms with van der Waals surface area (Å²) >= 11 is 1.24. The number of hydrogen-bond acceptors (Lipinski definition) is 8. The van der Waals surface area contributed by atoms with Gasteiger partial charge in [0.05, 0.1) is 11.3 Å².